The van der Waals surface area contributed by atoms with Crippen LogP contribution in [0, 0.1) is 0 Å². The van der Waals surface area contributed by atoms with Crippen LogP contribution in [0.3, 0.4) is 0 Å². The highest BCUT2D eigenvalue weighted by atomic mass is 79.9. The van der Waals surface area contributed by atoms with E-state index in [4.69, 9.17) is 32.7 Å². The standard InChI is InChI=1S/C23H17BrCl2O3/c1-28-22-11-7-15(6-10-21(27)16-8-9-19(25)20(26)13-16)12-17(22)14-29-23-5-3-2-4-18(23)24/h2-13H,14H2,1H3/b10-6+. The summed E-state index contributed by atoms with van der Waals surface area (Å²) in [7, 11) is 1.61. The van der Waals surface area contributed by atoms with Crippen molar-refractivity contribution >= 4 is 51.0 Å². The minimum atomic E-state index is -0.162. The van der Waals surface area contributed by atoms with Crippen molar-refractivity contribution in [1.29, 1.82) is 0 Å². The number of benzene rings is 3. The first-order chi connectivity index (χ1) is 14.0. The van der Waals surface area contributed by atoms with Crippen LogP contribution < -0.4 is 9.47 Å². The molecule has 0 atom stereocenters. The lowest BCUT2D eigenvalue weighted by atomic mass is 10.1. The van der Waals surface area contributed by atoms with E-state index in [0.717, 1.165) is 21.3 Å². The van der Waals surface area contributed by atoms with Crippen molar-refractivity contribution in [2.45, 2.75) is 6.61 Å². The summed E-state index contributed by atoms with van der Waals surface area (Å²) >= 11 is 15.4. The summed E-state index contributed by atoms with van der Waals surface area (Å²) in [6, 6.07) is 18.1. The molecule has 0 aliphatic rings. The fraction of sp³-hybridized carbons (Fsp3) is 0.0870. The molecule has 0 saturated carbocycles. The van der Waals surface area contributed by atoms with Crippen molar-refractivity contribution in [3.8, 4) is 11.5 Å². The average Bonchev–Trinajstić information content (AvgIpc) is 2.73. The van der Waals surface area contributed by atoms with E-state index >= 15 is 0 Å². The van der Waals surface area contributed by atoms with E-state index in [-0.39, 0.29) is 5.78 Å². The average molecular weight is 492 g/mol. The molecule has 0 aliphatic carbocycles. The van der Waals surface area contributed by atoms with Crippen molar-refractivity contribution in [3.63, 3.8) is 0 Å². The Balaban J connectivity index is 1.77. The molecular weight excluding hydrogens is 475 g/mol. The largest absolute Gasteiger partial charge is 0.496 e. The third-order valence-electron chi connectivity index (χ3n) is 4.16. The summed E-state index contributed by atoms with van der Waals surface area (Å²) < 4.78 is 12.2. The van der Waals surface area contributed by atoms with Crippen LogP contribution in [-0.4, -0.2) is 12.9 Å². The normalized spacial score (nSPS) is 10.9. The van der Waals surface area contributed by atoms with Gasteiger partial charge in [0.15, 0.2) is 5.78 Å². The summed E-state index contributed by atoms with van der Waals surface area (Å²) in [5.41, 5.74) is 2.19. The van der Waals surface area contributed by atoms with Crippen LogP contribution >= 0.6 is 39.1 Å². The number of ketones is 1. The quantitative estimate of drug-likeness (QED) is 0.258. The van der Waals surface area contributed by atoms with Gasteiger partial charge in [-0.25, -0.2) is 0 Å². The van der Waals surface area contributed by atoms with E-state index in [1.54, 1.807) is 31.4 Å². The zero-order valence-corrected chi connectivity index (χ0v) is 18.6. The van der Waals surface area contributed by atoms with E-state index in [2.05, 4.69) is 15.9 Å². The highest BCUT2D eigenvalue weighted by molar-refractivity contribution is 9.10. The summed E-state index contributed by atoms with van der Waals surface area (Å²) in [4.78, 5) is 12.4. The van der Waals surface area contributed by atoms with Gasteiger partial charge in [0.2, 0.25) is 0 Å². The smallest absolute Gasteiger partial charge is 0.185 e. The molecule has 3 aromatic rings. The van der Waals surface area contributed by atoms with Crippen LogP contribution in [0.2, 0.25) is 10.0 Å². The fourth-order valence-corrected chi connectivity index (χ4v) is 3.35. The Morgan fingerprint density at radius 3 is 2.52 bits per heavy atom. The fourth-order valence-electron chi connectivity index (χ4n) is 2.65. The van der Waals surface area contributed by atoms with Crippen LogP contribution in [-0.2, 0) is 6.61 Å². The second-order valence-corrected chi connectivity index (χ2v) is 7.79. The molecule has 0 saturated heterocycles. The van der Waals surface area contributed by atoms with Gasteiger partial charge in [-0.15, -0.1) is 0 Å². The molecular formula is C23H17BrCl2O3. The number of para-hydroxylation sites is 1. The molecule has 0 unspecified atom stereocenters. The van der Waals surface area contributed by atoms with Gasteiger partial charge >= 0.3 is 0 Å². The number of ether oxygens (including phenoxy) is 2. The van der Waals surface area contributed by atoms with Gasteiger partial charge in [-0.3, -0.25) is 4.79 Å². The van der Waals surface area contributed by atoms with Gasteiger partial charge in [0.1, 0.15) is 18.1 Å². The molecule has 148 valence electrons. The Labute approximate surface area is 188 Å². The maximum absolute atomic E-state index is 12.4. The predicted octanol–water partition coefficient (Wildman–Crippen LogP) is 7.24. The Morgan fingerprint density at radius 2 is 1.79 bits per heavy atom. The number of allylic oxidation sites excluding steroid dienone is 1. The molecule has 3 aromatic carbocycles. The van der Waals surface area contributed by atoms with E-state index in [9.17, 15) is 4.79 Å². The lowest BCUT2D eigenvalue weighted by molar-refractivity contribution is 0.104. The van der Waals surface area contributed by atoms with Gasteiger partial charge in [0.05, 0.1) is 21.6 Å². The summed E-state index contributed by atoms with van der Waals surface area (Å²) in [5.74, 6) is 1.29. The number of rotatable bonds is 7. The van der Waals surface area contributed by atoms with Gasteiger partial charge in [-0.2, -0.15) is 0 Å². The van der Waals surface area contributed by atoms with Crippen LogP contribution in [0.4, 0.5) is 0 Å². The molecule has 0 N–H and O–H groups in total. The van der Waals surface area contributed by atoms with Crippen LogP contribution in [0.1, 0.15) is 21.5 Å². The topological polar surface area (TPSA) is 35.5 Å². The minimum Gasteiger partial charge on any atom is -0.496 e. The third-order valence-corrected chi connectivity index (χ3v) is 5.55. The summed E-state index contributed by atoms with van der Waals surface area (Å²) in [6.45, 7) is 0.328. The molecule has 3 rings (SSSR count). The molecule has 0 bridgehead atoms. The molecule has 3 nitrogen and oxygen atoms in total. The number of hydrogen-bond donors (Lipinski definition) is 0. The number of halogens is 3. The number of carbonyl (C=O) groups excluding carboxylic acids is 1. The Morgan fingerprint density at radius 1 is 1.00 bits per heavy atom. The van der Waals surface area contributed by atoms with E-state index in [1.807, 2.05) is 42.5 Å². The van der Waals surface area contributed by atoms with Crippen LogP contribution in [0.15, 0.2) is 71.2 Å². The Kier molecular flexibility index (Phi) is 7.37. The first kappa shape index (κ1) is 21.4. The first-order valence-corrected chi connectivity index (χ1v) is 10.2. The van der Waals surface area contributed by atoms with Crippen LogP contribution in [0.25, 0.3) is 6.08 Å². The number of methoxy groups -OCH3 is 1. The van der Waals surface area contributed by atoms with Crippen molar-refractivity contribution in [3.05, 3.63) is 97.9 Å². The van der Waals surface area contributed by atoms with E-state index in [1.165, 1.54) is 6.08 Å². The van der Waals surface area contributed by atoms with Gasteiger partial charge in [-0.1, -0.05) is 47.5 Å². The second kappa shape index (κ2) is 9.97. The minimum absolute atomic E-state index is 0.162. The monoisotopic (exact) mass is 490 g/mol. The van der Waals surface area contributed by atoms with Gasteiger partial charge < -0.3 is 9.47 Å². The highest BCUT2D eigenvalue weighted by Gasteiger charge is 2.08. The van der Waals surface area contributed by atoms with E-state index < -0.39 is 0 Å². The van der Waals surface area contributed by atoms with Crippen molar-refractivity contribution in [1.82, 2.24) is 0 Å². The number of hydrogen-bond acceptors (Lipinski definition) is 3. The molecule has 0 heterocycles. The maximum atomic E-state index is 12.4. The second-order valence-electron chi connectivity index (χ2n) is 6.12. The molecule has 0 fully saturated rings. The first-order valence-electron chi connectivity index (χ1n) is 8.69. The summed E-state index contributed by atoms with van der Waals surface area (Å²) in [5, 5.41) is 0.763. The molecule has 0 aromatic heterocycles. The zero-order chi connectivity index (χ0) is 20.8. The molecule has 0 amide bonds. The molecule has 0 radical (unpaired) electrons. The lowest BCUT2D eigenvalue weighted by Crippen LogP contribution is -2.00. The predicted molar refractivity (Wildman–Crippen MR) is 121 cm³/mol. The van der Waals surface area contributed by atoms with Crippen molar-refractivity contribution in [2.24, 2.45) is 0 Å². The van der Waals surface area contributed by atoms with Crippen molar-refractivity contribution < 1.29 is 14.3 Å². The highest BCUT2D eigenvalue weighted by Crippen LogP contribution is 2.28. The maximum Gasteiger partial charge on any atom is 0.185 e. The SMILES string of the molecule is COc1ccc(/C=C/C(=O)c2ccc(Cl)c(Cl)c2)cc1COc1ccccc1Br. The van der Waals surface area contributed by atoms with Gasteiger partial charge in [-0.05, 0) is 70.0 Å². The Bertz CT molecular complexity index is 1060. The van der Waals surface area contributed by atoms with E-state index in [0.29, 0.717) is 28.0 Å². The van der Waals surface area contributed by atoms with Gasteiger partial charge in [0, 0.05) is 11.1 Å². The molecule has 0 spiro atoms. The van der Waals surface area contributed by atoms with Gasteiger partial charge in [0.25, 0.3) is 0 Å². The van der Waals surface area contributed by atoms with Crippen molar-refractivity contribution in [2.75, 3.05) is 7.11 Å². The molecule has 6 heteroatoms. The van der Waals surface area contributed by atoms with Crippen LogP contribution in [0.5, 0.6) is 11.5 Å². The lowest BCUT2D eigenvalue weighted by Gasteiger charge is -2.12. The molecule has 0 aliphatic heterocycles. The number of carbonyl (C=O) groups is 1. The zero-order valence-electron chi connectivity index (χ0n) is 15.5. The Hall–Kier alpha value is -2.27. The summed E-state index contributed by atoms with van der Waals surface area (Å²) in [6.07, 6.45) is 3.24. The molecule has 29 heavy (non-hydrogen) atoms. The third kappa shape index (κ3) is 5.63.